The Morgan fingerprint density at radius 1 is 1.11 bits per heavy atom. The normalized spacial score (nSPS) is 13.8. The SMILES string of the molecule is CC(C)c1nn(-c2ccc(C#N)cc2NC2CCC2)c2cccc(-n3cnc(-c4cnn(C)c4)c3)c12. The van der Waals surface area contributed by atoms with E-state index in [-0.39, 0.29) is 5.92 Å². The van der Waals surface area contributed by atoms with E-state index in [1.54, 1.807) is 4.68 Å². The summed E-state index contributed by atoms with van der Waals surface area (Å²) in [7, 11) is 1.90. The molecule has 0 atom stereocenters. The fourth-order valence-corrected chi connectivity index (χ4v) is 4.82. The maximum atomic E-state index is 9.51. The number of hydrogen-bond acceptors (Lipinski definition) is 5. The molecule has 3 heterocycles. The van der Waals surface area contributed by atoms with Crippen LogP contribution < -0.4 is 5.32 Å². The number of hydrogen-bond donors (Lipinski definition) is 1. The second-order valence-corrected chi connectivity index (χ2v) is 9.81. The third-order valence-corrected chi connectivity index (χ3v) is 6.94. The van der Waals surface area contributed by atoms with Crippen molar-refractivity contribution in [2.45, 2.75) is 45.1 Å². The number of imidazole rings is 1. The molecule has 1 aliphatic rings. The van der Waals surface area contributed by atoms with Crippen molar-refractivity contribution >= 4 is 16.6 Å². The number of benzene rings is 2. The maximum absolute atomic E-state index is 9.51. The summed E-state index contributed by atoms with van der Waals surface area (Å²) in [6, 6.07) is 14.8. The monoisotopic (exact) mass is 476 g/mol. The van der Waals surface area contributed by atoms with Crippen molar-refractivity contribution in [2.75, 3.05) is 5.32 Å². The molecule has 0 radical (unpaired) electrons. The topological polar surface area (TPSA) is 89.3 Å². The first-order chi connectivity index (χ1) is 17.5. The molecule has 3 aromatic heterocycles. The van der Waals surface area contributed by atoms with Crippen LogP contribution in [0.3, 0.4) is 0 Å². The van der Waals surface area contributed by atoms with Crippen molar-refractivity contribution in [3.8, 4) is 28.7 Å². The smallest absolute Gasteiger partial charge is 0.0999 e. The molecule has 36 heavy (non-hydrogen) atoms. The lowest BCUT2D eigenvalue weighted by molar-refractivity contribution is 0.445. The lowest BCUT2D eigenvalue weighted by Crippen LogP contribution is -2.27. The molecule has 180 valence electrons. The Hall–Kier alpha value is -4.38. The predicted molar refractivity (Wildman–Crippen MR) is 140 cm³/mol. The van der Waals surface area contributed by atoms with Crippen LogP contribution in [0, 0.1) is 11.3 Å². The van der Waals surface area contributed by atoms with Gasteiger partial charge in [-0.3, -0.25) is 4.68 Å². The van der Waals surface area contributed by atoms with Gasteiger partial charge in [0.2, 0.25) is 0 Å². The van der Waals surface area contributed by atoms with Gasteiger partial charge in [0.25, 0.3) is 0 Å². The van der Waals surface area contributed by atoms with Crippen molar-refractivity contribution in [2.24, 2.45) is 7.05 Å². The summed E-state index contributed by atoms with van der Waals surface area (Å²) < 4.78 is 5.87. The Bertz CT molecular complexity index is 1610. The van der Waals surface area contributed by atoms with Gasteiger partial charge in [0, 0.05) is 36.4 Å². The predicted octanol–water partition coefficient (Wildman–Crippen LogP) is 5.57. The van der Waals surface area contributed by atoms with Gasteiger partial charge in [0.05, 0.1) is 58.1 Å². The van der Waals surface area contributed by atoms with Crippen molar-refractivity contribution in [3.63, 3.8) is 0 Å². The molecule has 0 spiro atoms. The van der Waals surface area contributed by atoms with Gasteiger partial charge in [0.1, 0.15) is 0 Å². The van der Waals surface area contributed by atoms with E-state index in [1.165, 1.54) is 6.42 Å². The van der Waals surface area contributed by atoms with Gasteiger partial charge < -0.3 is 9.88 Å². The zero-order valence-corrected chi connectivity index (χ0v) is 20.7. The zero-order chi connectivity index (χ0) is 24.8. The zero-order valence-electron chi connectivity index (χ0n) is 20.7. The minimum Gasteiger partial charge on any atom is -0.381 e. The molecular formula is C28H28N8. The van der Waals surface area contributed by atoms with Gasteiger partial charge in [-0.05, 0) is 55.5 Å². The highest BCUT2D eigenvalue weighted by Gasteiger charge is 2.23. The molecule has 1 fully saturated rings. The van der Waals surface area contributed by atoms with E-state index in [0.29, 0.717) is 11.6 Å². The molecule has 6 rings (SSSR count). The van der Waals surface area contributed by atoms with Gasteiger partial charge in [0.15, 0.2) is 0 Å². The van der Waals surface area contributed by atoms with E-state index in [9.17, 15) is 5.26 Å². The lowest BCUT2D eigenvalue weighted by atomic mass is 9.93. The molecule has 8 heteroatoms. The second kappa shape index (κ2) is 8.68. The van der Waals surface area contributed by atoms with E-state index < -0.39 is 0 Å². The Morgan fingerprint density at radius 3 is 2.67 bits per heavy atom. The average Bonchev–Trinajstić information content (AvgIpc) is 3.59. The van der Waals surface area contributed by atoms with Crippen molar-refractivity contribution in [1.82, 2.24) is 29.1 Å². The van der Waals surface area contributed by atoms with Gasteiger partial charge >= 0.3 is 0 Å². The first-order valence-electron chi connectivity index (χ1n) is 12.4. The van der Waals surface area contributed by atoms with Crippen LogP contribution in [0.2, 0.25) is 0 Å². The highest BCUT2D eigenvalue weighted by molar-refractivity contribution is 5.92. The van der Waals surface area contributed by atoms with Gasteiger partial charge in [-0.1, -0.05) is 19.9 Å². The molecule has 1 saturated carbocycles. The number of nitrogens with one attached hydrogen (secondary N) is 1. The summed E-state index contributed by atoms with van der Waals surface area (Å²) in [5.41, 5.74) is 7.48. The summed E-state index contributed by atoms with van der Waals surface area (Å²) in [5.74, 6) is 0.220. The number of aryl methyl sites for hydroxylation is 1. The Kier molecular flexibility index (Phi) is 5.33. The number of anilines is 1. The van der Waals surface area contributed by atoms with Crippen molar-refractivity contribution in [3.05, 3.63) is 72.6 Å². The van der Waals surface area contributed by atoms with Crippen LogP contribution in [0.5, 0.6) is 0 Å². The molecule has 8 nitrogen and oxygen atoms in total. The van der Waals surface area contributed by atoms with Crippen LogP contribution in [0.4, 0.5) is 5.69 Å². The number of nitrogens with zero attached hydrogens (tertiary/aromatic N) is 7. The van der Waals surface area contributed by atoms with E-state index in [1.807, 2.05) is 54.8 Å². The molecule has 0 amide bonds. The van der Waals surface area contributed by atoms with Crippen LogP contribution in [0.25, 0.3) is 33.5 Å². The fourth-order valence-electron chi connectivity index (χ4n) is 4.82. The van der Waals surface area contributed by atoms with Crippen LogP contribution in [-0.2, 0) is 7.05 Å². The van der Waals surface area contributed by atoms with Crippen molar-refractivity contribution < 1.29 is 0 Å². The van der Waals surface area contributed by atoms with Crippen LogP contribution in [-0.4, -0.2) is 35.2 Å². The third kappa shape index (κ3) is 3.73. The Labute approximate surface area is 209 Å². The largest absolute Gasteiger partial charge is 0.381 e. The van der Waals surface area contributed by atoms with E-state index in [2.05, 4.69) is 58.1 Å². The fraction of sp³-hybridized carbons (Fsp3) is 0.286. The van der Waals surface area contributed by atoms with Gasteiger partial charge in [-0.2, -0.15) is 15.5 Å². The van der Waals surface area contributed by atoms with E-state index in [0.717, 1.165) is 57.8 Å². The molecular weight excluding hydrogens is 448 g/mol. The third-order valence-electron chi connectivity index (χ3n) is 6.94. The first-order valence-corrected chi connectivity index (χ1v) is 12.4. The molecule has 0 bridgehead atoms. The summed E-state index contributed by atoms with van der Waals surface area (Å²) >= 11 is 0. The summed E-state index contributed by atoms with van der Waals surface area (Å²) in [4.78, 5) is 4.65. The number of nitriles is 1. The standard InChI is InChI=1S/C28H28N8/c1-18(2)28-27-25(35-16-23(30-17-35)20-14-31-34(3)15-20)8-5-9-26(27)36(33-28)24-11-10-19(13-29)12-22(24)32-21-6-4-7-21/h5,8-12,14-18,21,32H,4,6-7H2,1-3H3. The van der Waals surface area contributed by atoms with E-state index in [4.69, 9.17) is 5.10 Å². The van der Waals surface area contributed by atoms with Crippen LogP contribution >= 0.6 is 0 Å². The second-order valence-electron chi connectivity index (χ2n) is 9.81. The highest BCUT2D eigenvalue weighted by Crippen LogP contribution is 2.35. The van der Waals surface area contributed by atoms with Gasteiger partial charge in [-0.15, -0.1) is 0 Å². The lowest BCUT2D eigenvalue weighted by Gasteiger charge is -2.28. The molecule has 0 saturated heterocycles. The molecule has 5 aromatic rings. The van der Waals surface area contributed by atoms with Crippen molar-refractivity contribution in [1.29, 1.82) is 5.26 Å². The summed E-state index contributed by atoms with van der Waals surface area (Å²) in [6.45, 7) is 4.34. The average molecular weight is 477 g/mol. The highest BCUT2D eigenvalue weighted by atomic mass is 15.3. The number of rotatable bonds is 6. The summed E-state index contributed by atoms with van der Waals surface area (Å²) in [6.07, 6.45) is 11.2. The Balaban J connectivity index is 1.52. The number of fused-ring (bicyclic) bond motifs is 1. The quantitative estimate of drug-likeness (QED) is 0.346. The molecule has 1 N–H and O–H groups in total. The maximum Gasteiger partial charge on any atom is 0.0999 e. The van der Waals surface area contributed by atoms with Gasteiger partial charge in [-0.25, -0.2) is 9.67 Å². The molecule has 0 unspecified atom stereocenters. The first kappa shape index (κ1) is 22.1. The minimum absolute atomic E-state index is 0.220. The summed E-state index contributed by atoms with van der Waals surface area (Å²) in [5, 5.41) is 23.7. The molecule has 2 aromatic carbocycles. The van der Waals surface area contributed by atoms with Crippen LogP contribution in [0.1, 0.15) is 50.3 Å². The van der Waals surface area contributed by atoms with Crippen LogP contribution in [0.15, 0.2) is 61.3 Å². The number of aromatic nitrogens is 6. The van der Waals surface area contributed by atoms with E-state index >= 15 is 0 Å². The molecule has 1 aliphatic carbocycles. The minimum atomic E-state index is 0.220. The molecule has 0 aliphatic heterocycles. The Morgan fingerprint density at radius 2 is 1.97 bits per heavy atom.